The lowest BCUT2D eigenvalue weighted by Gasteiger charge is -2.37. The number of nitrogens with zero attached hydrogens (tertiary/aromatic N) is 2. The molecule has 1 unspecified atom stereocenters. The van der Waals surface area contributed by atoms with E-state index in [1.165, 1.54) is 24.3 Å². The molecule has 0 aromatic heterocycles. The average molecular weight is 424 g/mol. The molecule has 1 heterocycles. The Bertz CT molecular complexity index is 899. The molecule has 1 atom stereocenters. The van der Waals surface area contributed by atoms with Crippen LogP contribution < -0.4 is 9.62 Å². The molecule has 0 spiro atoms. The number of nitrogens with one attached hydrogen (secondary N) is 1. The quantitative estimate of drug-likeness (QED) is 0.731. The zero-order valence-corrected chi connectivity index (χ0v) is 16.7. The van der Waals surface area contributed by atoms with Gasteiger partial charge in [-0.25, -0.2) is 8.42 Å². The number of rotatable bonds is 6. The van der Waals surface area contributed by atoms with E-state index < -0.39 is 28.6 Å². The first-order valence-electron chi connectivity index (χ1n) is 8.88. The van der Waals surface area contributed by atoms with Crippen molar-refractivity contribution < 1.29 is 18.3 Å². The third kappa shape index (κ3) is 4.82. The van der Waals surface area contributed by atoms with E-state index in [2.05, 4.69) is 9.62 Å². The van der Waals surface area contributed by atoms with Crippen LogP contribution in [0.4, 0.5) is 5.69 Å². The highest BCUT2D eigenvalue weighted by atomic mass is 35.5. The van der Waals surface area contributed by atoms with Crippen molar-refractivity contribution in [2.75, 3.05) is 37.7 Å². The van der Waals surface area contributed by atoms with E-state index in [9.17, 15) is 18.3 Å². The van der Waals surface area contributed by atoms with Crippen LogP contribution in [-0.2, 0) is 14.8 Å². The van der Waals surface area contributed by atoms with Gasteiger partial charge in [-0.3, -0.25) is 4.79 Å². The minimum Gasteiger partial charge on any atom is -0.394 e. The van der Waals surface area contributed by atoms with Crippen LogP contribution in [-0.4, -0.2) is 63.2 Å². The third-order valence-corrected chi connectivity index (χ3v) is 6.35. The summed E-state index contributed by atoms with van der Waals surface area (Å²) < 4.78 is 27.3. The van der Waals surface area contributed by atoms with E-state index in [4.69, 9.17) is 11.6 Å². The Balaban J connectivity index is 1.63. The zero-order valence-electron chi connectivity index (χ0n) is 15.2. The fraction of sp³-hybridized carbons (Fsp3) is 0.316. The van der Waals surface area contributed by atoms with Gasteiger partial charge in [0.1, 0.15) is 6.04 Å². The molecule has 3 rings (SSSR count). The van der Waals surface area contributed by atoms with Crippen LogP contribution >= 0.6 is 11.6 Å². The van der Waals surface area contributed by atoms with Gasteiger partial charge in [-0.05, 0) is 36.4 Å². The predicted molar refractivity (Wildman–Crippen MR) is 108 cm³/mol. The Kier molecular flexibility index (Phi) is 6.56. The van der Waals surface area contributed by atoms with Gasteiger partial charge in [0.25, 0.3) is 0 Å². The molecule has 2 N–H and O–H groups in total. The van der Waals surface area contributed by atoms with Gasteiger partial charge in [-0.2, -0.15) is 4.72 Å². The minimum atomic E-state index is -3.95. The van der Waals surface area contributed by atoms with Gasteiger partial charge in [0.2, 0.25) is 15.9 Å². The smallest absolute Gasteiger partial charge is 0.243 e. The van der Waals surface area contributed by atoms with E-state index in [1.807, 2.05) is 30.3 Å². The number of para-hydroxylation sites is 1. The Morgan fingerprint density at radius 1 is 1.04 bits per heavy atom. The van der Waals surface area contributed by atoms with Crippen LogP contribution in [0.1, 0.15) is 0 Å². The molecular weight excluding hydrogens is 402 g/mol. The van der Waals surface area contributed by atoms with Crippen molar-refractivity contribution >= 4 is 33.2 Å². The van der Waals surface area contributed by atoms with Crippen molar-refractivity contribution in [1.82, 2.24) is 9.62 Å². The lowest BCUT2D eigenvalue weighted by molar-refractivity contribution is -0.134. The molecule has 2 aromatic carbocycles. The van der Waals surface area contributed by atoms with Crippen LogP contribution in [0.3, 0.4) is 0 Å². The van der Waals surface area contributed by atoms with Crippen molar-refractivity contribution in [3.63, 3.8) is 0 Å². The number of carbonyl (C=O) groups excluding carboxylic acids is 1. The molecule has 2 aromatic rings. The van der Waals surface area contributed by atoms with Gasteiger partial charge in [-0.1, -0.05) is 29.8 Å². The molecule has 28 heavy (non-hydrogen) atoms. The van der Waals surface area contributed by atoms with Gasteiger partial charge in [0, 0.05) is 36.9 Å². The number of aliphatic hydroxyl groups is 1. The molecule has 1 aliphatic rings. The van der Waals surface area contributed by atoms with Crippen molar-refractivity contribution in [2.45, 2.75) is 10.9 Å². The fourth-order valence-corrected chi connectivity index (χ4v) is 4.39. The van der Waals surface area contributed by atoms with Crippen LogP contribution in [0.2, 0.25) is 5.02 Å². The Morgan fingerprint density at radius 3 is 2.21 bits per heavy atom. The molecule has 0 bridgehead atoms. The number of piperazine rings is 1. The first-order valence-corrected chi connectivity index (χ1v) is 10.7. The fourth-order valence-electron chi connectivity index (χ4n) is 3.08. The van der Waals surface area contributed by atoms with Gasteiger partial charge < -0.3 is 14.9 Å². The van der Waals surface area contributed by atoms with Crippen LogP contribution in [0.15, 0.2) is 59.5 Å². The summed E-state index contributed by atoms with van der Waals surface area (Å²) in [6, 6.07) is 14.3. The van der Waals surface area contributed by atoms with Gasteiger partial charge in [0.05, 0.1) is 11.5 Å². The minimum absolute atomic E-state index is 0.0166. The van der Waals surface area contributed by atoms with Crippen molar-refractivity contribution in [1.29, 1.82) is 0 Å². The molecule has 1 aliphatic heterocycles. The Hall–Kier alpha value is -2.13. The number of carbonyl (C=O) groups is 1. The van der Waals surface area contributed by atoms with Gasteiger partial charge >= 0.3 is 0 Å². The van der Waals surface area contributed by atoms with Crippen molar-refractivity contribution in [3.8, 4) is 0 Å². The number of sulfonamides is 1. The number of amides is 1. The molecule has 7 nitrogen and oxygen atoms in total. The second-order valence-corrected chi connectivity index (χ2v) is 8.61. The number of benzene rings is 2. The summed E-state index contributed by atoms with van der Waals surface area (Å²) in [5, 5.41) is 10.0. The van der Waals surface area contributed by atoms with Crippen LogP contribution in [0.25, 0.3) is 0 Å². The topological polar surface area (TPSA) is 89.9 Å². The van der Waals surface area contributed by atoms with E-state index in [0.29, 0.717) is 31.2 Å². The summed E-state index contributed by atoms with van der Waals surface area (Å²) in [7, 11) is -3.95. The Morgan fingerprint density at radius 2 is 1.64 bits per heavy atom. The maximum Gasteiger partial charge on any atom is 0.243 e. The molecule has 0 radical (unpaired) electrons. The van der Waals surface area contributed by atoms with E-state index >= 15 is 0 Å². The van der Waals surface area contributed by atoms with Crippen LogP contribution in [0, 0.1) is 0 Å². The van der Waals surface area contributed by atoms with Gasteiger partial charge in [0.15, 0.2) is 0 Å². The molecule has 1 saturated heterocycles. The zero-order chi connectivity index (χ0) is 20.1. The second-order valence-electron chi connectivity index (χ2n) is 6.46. The SMILES string of the molecule is O=C(C(CO)NS(=O)(=O)c1ccc(Cl)cc1)N1CCN(c2ccccc2)CC1. The molecule has 0 saturated carbocycles. The highest BCUT2D eigenvalue weighted by Crippen LogP contribution is 2.17. The first-order chi connectivity index (χ1) is 13.4. The summed E-state index contributed by atoms with van der Waals surface area (Å²) >= 11 is 5.78. The molecule has 150 valence electrons. The summed E-state index contributed by atoms with van der Waals surface area (Å²) in [5.41, 5.74) is 1.08. The lowest BCUT2D eigenvalue weighted by Crippen LogP contribution is -2.56. The van der Waals surface area contributed by atoms with Gasteiger partial charge in [-0.15, -0.1) is 0 Å². The average Bonchev–Trinajstić information content (AvgIpc) is 2.72. The van der Waals surface area contributed by atoms with E-state index in [0.717, 1.165) is 5.69 Å². The highest BCUT2D eigenvalue weighted by molar-refractivity contribution is 7.89. The number of aliphatic hydroxyl groups excluding tert-OH is 1. The van der Waals surface area contributed by atoms with Crippen molar-refractivity contribution in [2.24, 2.45) is 0 Å². The molecular formula is C19H22ClN3O4S. The molecule has 0 aliphatic carbocycles. The third-order valence-electron chi connectivity index (χ3n) is 4.61. The largest absolute Gasteiger partial charge is 0.394 e. The maximum absolute atomic E-state index is 12.7. The highest BCUT2D eigenvalue weighted by Gasteiger charge is 2.30. The maximum atomic E-state index is 12.7. The normalized spacial score (nSPS) is 16.1. The summed E-state index contributed by atoms with van der Waals surface area (Å²) in [4.78, 5) is 16.5. The summed E-state index contributed by atoms with van der Waals surface area (Å²) in [6.45, 7) is 1.56. The molecule has 9 heteroatoms. The Labute approximate surface area is 169 Å². The van der Waals surface area contributed by atoms with E-state index in [1.54, 1.807) is 4.90 Å². The van der Waals surface area contributed by atoms with Crippen LogP contribution in [0.5, 0.6) is 0 Å². The summed E-state index contributed by atoms with van der Waals surface area (Å²) in [6.07, 6.45) is 0. The summed E-state index contributed by atoms with van der Waals surface area (Å²) in [5.74, 6) is -0.437. The van der Waals surface area contributed by atoms with Crippen molar-refractivity contribution in [3.05, 3.63) is 59.6 Å². The first kappa shape index (κ1) is 20.6. The monoisotopic (exact) mass is 423 g/mol. The molecule has 1 fully saturated rings. The number of hydrogen-bond donors (Lipinski definition) is 2. The van der Waals surface area contributed by atoms with E-state index in [-0.39, 0.29) is 4.90 Å². The molecule has 1 amide bonds. The number of halogens is 1. The number of anilines is 1. The second kappa shape index (κ2) is 8.91. The predicted octanol–water partition coefficient (Wildman–Crippen LogP) is 1.33. The lowest BCUT2D eigenvalue weighted by atomic mass is 10.2. The standard InChI is InChI=1S/C19H22ClN3O4S/c20-15-6-8-17(9-7-15)28(26,27)21-18(14-24)19(25)23-12-10-22(11-13-23)16-4-2-1-3-5-16/h1-9,18,21,24H,10-14H2. The number of hydrogen-bond acceptors (Lipinski definition) is 5.